The van der Waals surface area contributed by atoms with E-state index >= 15 is 0 Å². The number of aromatic nitrogens is 2. The number of rotatable bonds is 3. The van der Waals surface area contributed by atoms with Crippen molar-refractivity contribution in [1.82, 2.24) is 9.97 Å². The topological polar surface area (TPSA) is 49.6 Å². The Morgan fingerprint density at radius 2 is 2.20 bits per heavy atom. The van der Waals surface area contributed by atoms with E-state index < -0.39 is 0 Å². The highest BCUT2D eigenvalue weighted by Gasteiger charge is 2.09. The molecule has 4 heteroatoms. The molecule has 1 N–H and O–H groups in total. The van der Waals surface area contributed by atoms with Gasteiger partial charge in [-0.25, -0.2) is 4.98 Å². The van der Waals surface area contributed by atoms with Gasteiger partial charge in [-0.2, -0.15) is 0 Å². The summed E-state index contributed by atoms with van der Waals surface area (Å²) in [5.41, 5.74) is 4.80. The number of hydrogen-bond acceptors (Lipinski definition) is 4. The molecule has 3 heterocycles. The molecule has 3 aromatic rings. The molecule has 0 saturated carbocycles. The van der Waals surface area contributed by atoms with Gasteiger partial charge in [-0.1, -0.05) is 12.1 Å². The van der Waals surface area contributed by atoms with Crippen molar-refractivity contribution in [2.45, 2.75) is 6.92 Å². The van der Waals surface area contributed by atoms with Crippen LogP contribution in [-0.4, -0.2) is 16.2 Å². The minimum absolute atomic E-state index is 0.829. The third kappa shape index (κ3) is 2.14. The smallest absolute Gasteiger partial charge is 0.0896 e. The molecule has 0 aliphatic rings. The fourth-order valence-corrected chi connectivity index (χ4v) is 3.01. The molecule has 20 heavy (non-hydrogen) atoms. The lowest BCUT2D eigenvalue weighted by Gasteiger charge is -2.02. The van der Waals surface area contributed by atoms with E-state index in [9.17, 15) is 0 Å². The summed E-state index contributed by atoms with van der Waals surface area (Å²) in [6, 6.07) is 8.00. The summed E-state index contributed by atoms with van der Waals surface area (Å²) in [6.07, 6.45) is 6.86. The molecule has 3 rings (SSSR count). The van der Waals surface area contributed by atoms with E-state index in [2.05, 4.69) is 16.4 Å². The van der Waals surface area contributed by atoms with Gasteiger partial charge in [-0.15, -0.1) is 11.3 Å². The number of allylic oxidation sites excluding steroid dienone is 2. The Balaban J connectivity index is 2.21. The average Bonchev–Trinajstić information content (AvgIpc) is 2.93. The van der Waals surface area contributed by atoms with Crippen LogP contribution in [0.15, 0.2) is 48.1 Å². The lowest BCUT2D eigenvalue weighted by atomic mass is 10.1. The standard InChI is InChI=1S/C16H13N3S/c1-2-11(8-17)14-5-6-15-16(19-14)13(10-20-15)12-4-3-7-18-9-12/h2-10,17H,1H3/b11-2+,17-8?. The van der Waals surface area contributed by atoms with E-state index in [-0.39, 0.29) is 0 Å². The van der Waals surface area contributed by atoms with E-state index in [1.165, 1.54) is 6.21 Å². The summed E-state index contributed by atoms with van der Waals surface area (Å²) in [5, 5.41) is 9.55. The van der Waals surface area contributed by atoms with E-state index in [4.69, 9.17) is 10.4 Å². The maximum Gasteiger partial charge on any atom is 0.0896 e. The summed E-state index contributed by atoms with van der Waals surface area (Å²) in [6.45, 7) is 1.92. The molecule has 98 valence electrons. The van der Waals surface area contributed by atoms with E-state index in [1.54, 1.807) is 17.5 Å². The van der Waals surface area contributed by atoms with Crippen molar-refractivity contribution >= 4 is 33.3 Å². The van der Waals surface area contributed by atoms with Crippen molar-refractivity contribution in [3.63, 3.8) is 0 Å². The first kappa shape index (κ1) is 12.7. The van der Waals surface area contributed by atoms with Crippen molar-refractivity contribution < 1.29 is 0 Å². The molecule has 0 fully saturated rings. The molecule has 0 amide bonds. The molecule has 3 aromatic heterocycles. The second-order valence-corrected chi connectivity index (χ2v) is 5.23. The van der Waals surface area contributed by atoms with Crippen LogP contribution < -0.4 is 0 Å². The van der Waals surface area contributed by atoms with E-state index in [0.29, 0.717) is 0 Å². The van der Waals surface area contributed by atoms with Crippen LogP contribution in [0.4, 0.5) is 0 Å². The van der Waals surface area contributed by atoms with Crippen molar-refractivity contribution in [3.8, 4) is 11.1 Å². The molecule has 0 spiro atoms. The Morgan fingerprint density at radius 1 is 1.30 bits per heavy atom. The SMILES string of the molecule is C/C=C(\C=N)c1ccc2scc(-c3cccnc3)c2n1. The normalized spacial score (nSPS) is 11.8. The minimum atomic E-state index is 0.829. The fourth-order valence-electron chi connectivity index (χ4n) is 2.11. The first-order valence-electron chi connectivity index (χ1n) is 6.29. The minimum Gasteiger partial charge on any atom is -0.308 e. The van der Waals surface area contributed by atoms with Crippen LogP contribution >= 0.6 is 11.3 Å². The number of thiophene rings is 1. The summed E-state index contributed by atoms with van der Waals surface area (Å²) >= 11 is 1.68. The second-order valence-electron chi connectivity index (χ2n) is 4.32. The first-order chi connectivity index (χ1) is 9.83. The Morgan fingerprint density at radius 3 is 2.90 bits per heavy atom. The van der Waals surface area contributed by atoms with Crippen LogP contribution in [-0.2, 0) is 0 Å². The van der Waals surface area contributed by atoms with Crippen molar-refractivity contribution in [2.75, 3.05) is 0 Å². The van der Waals surface area contributed by atoms with Crippen LogP contribution in [0.25, 0.3) is 26.9 Å². The van der Waals surface area contributed by atoms with Gasteiger partial charge in [0.2, 0.25) is 0 Å². The summed E-state index contributed by atoms with van der Waals surface area (Å²) in [4.78, 5) is 8.88. The van der Waals surface area contributed by atoms with Gasteiger partial charge in [0.25, 0.3) is 0 Å². The molecular weight excluding hydrogens is 266 g/mol. The van der Waals surface area contributed by atoms with Gasteiger partial charge < -0.3 is 5.41 Å². The summed E-state index contributed by atoms with van der Waals surface area (Å²) < 4.78 is 1.15. The first-order valence-corrected chi connectivity index (χ1v) is 7.17. The maximum absolute atomic E-state index is 7.45. The number of fused-ring (bicyclic) bond motifs is 1. The van der Waals surface area contributed by atoms with Gasteiger partial charge in [-0.3, -0.25) is 4.98 Å². The molecule has 0 atom stereocenters. The highest BCUT2D eigenvalue weighted by Crippen LogP contribution is 2.33. The van der Waals surface area contributed by atoms with Gasteiger partial charge in [0.05, 0.1) is 15.9 Å². The Labute approximate surface area is 121 Å². The predicted molar refractivity (Wildman–Crippen MR) is 85.3 cm³/mol. The van der Waals surface area contributed by atoms with Crippen molar-refractivity contribution in [1.29, 1.82) is 5.41 Å². The summed E-state index contributed by atoms with van der Waals surface area (Å²) in [5.74, 6) is 0. The quantitative estimate of drug-likeness (QED) is 0.722. The zero-order valence-electron chi connectivity index (χ0n) is 11.0. The van der Waals surface area contributed by atoms with Crippen molar-refractivity contribution in [2.24, 2.45) is 0 Å². The second kappa shape index (κ2) is 5.35. The van der Waals surface area contributed by atoms with Crippen molar-refractivity contribution in [3.05, 3.63) is 53.8 Å². The van der Waals surface area contributed by atoms with Gasteiger partial charge in [0.15, 0.2) is 0 Å². The van der Waals surface area contributed by atoms with Crippen LogP contribution in [0.1, 0.15) is 12.6 Å². The Bertz CT molecular complexity index is 788. The lowest BCUT2D eigenvalue weighted by Crippen LogP contribution is -1.90. The number of nitrogens with one attached hydrogen (secondary N) is 1. The molecule has 0 saturated heterocycles. The third-order valence-corrected chi connectivity index (χ3v) is 4.09. The number of hydrogen-bond donors (Lipinski definition) is 1. The molecular formula is C16H13N3S. The highest BCUT2D eigenvalue weighted by atomic mass is 32.1. The van der Waals surface area contributed by atoms with Crippen LogP contribution in [0.3, 0.4) is 0 Å². The van der Waals surface area contributed by atoms with Crippen LogP contribution in [0.2, 0.25) is 0 Å². The monoisotopic (exact) mass is 279 g/mol. The predicted octanol–water partition coefficient (Wildman–Crippen LogP) is 4.41. The zero-order chi connectivity index (χ0) is 13.9. The number of nitrogens with zero attached hydrogens (tertiary/aromatic N) is 2. The average molecular weight is 279 g/mol. The summed E-state index contributed by atoms with van der Waals surface area (Å²) in [7, 11) is 0. The van der Waals surface area contributed by atoms with E-state index in [1.807, 2.05) is 37.4 Å². The molecule has 0 aliphatic heterocycles. The van der Waals surface area contributed by atoms with E-state index in [0.717, 1.165) is 32.6 Å². The fraction of sp³-hybridized carbons (Fsp3) is 0.0625. The molecule has 0 aromatic carbocycles. The van der Waals surface area contributed by atoms with Crippen LogP contribution in [0.5, 0.6) is 0 Å². The number of pyridine rings is 2. The zero-order valence-corrected chi connectivity index (χ0v) is 11.8. The largest absolute Gasteiger partial charge is 0.308 e. The molecule has 0 bridgehead atoms. The van der Waals surface area contributed by atoms with Gasteiger partial charge in [-0.05, 0) is 25.1 Å². The van der Waals surface area contributed by atoms with Crippen LogP contribution in [0, 0.1) is 5.41 Å². The van der Waals surface area contributed by atoms with Gasteiger partial charge in [0.1, 0.15) is 0 Å². The maximum atomic E-state index is 7.45. The Hall–Kier alpha value is -2.33. The molecule has 0 radical (unpaired) electrons. The third-order valence-electron chi connectivity index (χ3n) is 3.15. The van der Waals surface area contributed by atoms with Gasteiger partial charge in [0, 0.05) is 40.7 Å². The molecule has 0 unspecified atom stereocenters. The molecule has 3 nitrogen and oxygen atoms in total. The molecule has 0 aliphatic carbocycles. The highest BCUT2D eigenvalue weighted by molar-refractivity contribution is 7.17. The lowest BCUT2D eigenvalue weighted by molar-refractivity contribution is 1.32. The van der Waals surface area contributed by atoms with Gasteiger partial charge >= 0.3 is 0 Å². The Kier molecular flexibility index (Phi) is 3.39.